The summed E-state index contributed by atoms with van der Waals surface area (Å²) in [6, 6.07) is 2.07. The number of hydrogen-bond donors (Lipinski definition) is 2. The molecular weight excluding hydrogens is 292 g/mol. The normalized spacial score (nSPS) is 11.5. The van der Waals surface area contributed by atoms with Crippen LogP contribution in [-0.2, 0) is 15.9 Å². The molecule has 0 unspecified atom stereocenters. The first-order chi connectivity index (χ1) is 11.3. The molecule has 0 amide bonds. The minimum absolute atomic E-state index is 0.641. The Bertz CT molecular complexity index is 452. The van der Waals surface area contributed by atoms with E-state index in [2.05, 4.69) is 40.5 Å². The predicted octanol–water partition coefficient (Wildman–Crippen LogP) is 1.54. The fraction of sp³-hybridized carbons (Fsp3) is 0.647. The number of ether oxygens (including phenoxy) is 2. The van der Waals surface area contributed by atoms with Gasteiger partial charge in [0.05, 0.1) is 13.2 Å². The van der Waals surface area contributed by atoms with Gasteiger partial charge in [-0.1, -0.05) is 0 Å². The summed E-state index contributed by atoms with van der Waals surface area (Å²) in [5.41, 5.74) is 2.54. The van der Waals surface area contributed by atoms with Crippen LogP contribution in [0.4, 0.5) is 0 Å². The zero-order valence-corrected chi connectivity index (χ0v) is 14.6. The predicted molar refractivity (Wildman–Crippen MR) is 94.0 cm³/mol. The van der Waals surface area contributed by atoms with E-state index < -0.39 is 0 Å². The van der Waals surface area contributed by atoms with E-state index in [0.717, 1.165) is 38.4 Å². The molecular formula is C17H30N4O2. The average Bonchev–Trinajstić information content (AvgIpc) is 2.55. The number of aromatic nitrogens is 1. The molecule has 1 aromatic rings. The van der Waals surface area contributed by atoms with Gasteiger partial charge in [-0.15, -0.1) is 0 Å². The molecule has 0 saturated heterocycles. The van der Waals surface area contributed by atoms with Gasteiger partial charge in [0.15, 0.2) is 5.96 Å². The highest BCUT2D eigenvalue weighted by molar-refractivity contribution is 5.79. The topological polar surface area (TPSA) is 67.8 Å². The maximum Gasteiger partial charge on any atom is 0.191 e. The Morgan fingerprint density at radius 1 is 1.26 bits per heavy atom. The quantitative estimate of drug-likeness (QED) is 0.367. The first kappa shape index (κ1) is 19.4. The number of rotatable bonds is 11. The molecule has 0 aliphatic carbocycles. The van der Waals surface area contributed by atoms with Gasteiger partial charge >= 0.3 is 0 Å². The van der Waals surface area contributed by atoms with Gasteiger partial charge in [-0.05, 0) is 43.9 Å². The number of methoxy groups -OCH3 is 1. The molecule has 1 aromatic heterocycles. The summed E-state index contributed by atoms with van der Waals surface area (Å²) in [7, 11) is 1.68. The summed E-state index contributed by atoms with van der Waals surface area (Å²) in [6.07, 6.45) is 5.60. The smallest absolute Gasteiger partial charge is 0.191 e. The number of guanidine groups is 1. The number of pyridine rings is 1. The summed E-state index contributed by atoms with van der Waals surface area (Å²) in [4.78, 5) is 8.67. The van der Waals surface area contributed by atoms with Crippen LogP contribution in [0.3, 0.4) is 0 Å². The molecule has 1 heterocycles. The molecule has 1 rings (SSSR count). The van der Waals surface area contributed by atoms with Crippen molar-refractivity contribution in [2.75, 3.05) is 46.6 Å². The van der Waals surface area contributed by atoms with E-state index in [0.29, 0.717) is 19.8 Å². The van der Waals surface area contributed by atoms with Crippen LogP contribution in [0, 0.1) is 6.92 Å². The number of aryl methyl sites for hydroxylation is 1. The van der Waals surface area contributed by atoms with E-state index in [-0.39, 0.29) is 0 Å². The second kappa shape index (κ2) is 12.8. The Balaban J connectivity index is 2.25. The van der Waals surface area contributed by atoms with Gasteiger partial charge in [0.25, 0.3) is 0 Å². The zero-order chi connectivity index (χ0) is 16.8. The largest absolute Gasteiger partial charge is 0.382 e. The van der Waals surface area contributed by atoms with Crippen molar-refractivity contribution in [2.45, 2.75) is 26.7 Å². The van der Waals surface area contributed by atoms with E-state index in [1.807, 2.05) is 12.4 Å². The number of nitrogens with one attached hydrogen (secondary N) is 2. The summed E-state index contributed by atoms with van der Waals surface area (Å²) < 4.78 is 10.4. The van der Waals surface area contributed by atoms with Crippen molar-refractivity contribution in [3.05, 3.63) is 29.6 Å². The van der Waals surface area contributed by atoms with Gasteiger partial charge < -0.3 is 20.1 Å². The van der Waals surface area contributed by atoms with Gasteiger partial charge in [-0.3, -0.25) is 9.98 Å². The van der Waals surface area contributed by atoms with Crippen LogP contribution in [0.2, 0.25) is 0 Å². The van der Waals surface area contributed by atoms with E-state index in [1.54, 1.807) is 7.11 Å². The third kappa shape index (κ3) is 9.15. The maximum absolute atomic E-state index is 5.43. The molecule has 0 radical (unpaired) electrons. The molecule has 0 aromatic carbocycles. The Labute approximate surface area is 139 Å². The lowest BCUT2D eigenvalue weighted by Crippen LogP contribution is -2.38. The summed E-state index contributed by atoms with van der Waals surface area (Å²) in [5.74, 6) is 0.858. The van der Waals surface area contributed by atoms with Crippen molar-refractivity contribution < 1.29 is 9.47 Å². The van der Waals surface area contributed by atoms with Crippen LogP contribution in [0.15, 0.2) is 23.5 Å². The van der Waals surface area contributed by atoms with E-state index >= 15 is 0 Å². The number of nitrogens with zero attached hydrogens (tertiary/aromatic N) is 2. The van der Waals surface area contributed by atoms with Crippen LogP contribution < -0.4 is 10.6 Å². The molecule has 0 atom stereocenters. The van der Waals surface area contributed by atoms with Crippen molar-refractivity contribution in [2.24, 2.45) is 4.99 Å². The van der Waals surface area contributed by atoms with Crippen LogP contribution in [0.5, 0.6) is 0 Å². The Hall–Kier alpha value is -1.66. The minimum Gasteiger partial charge on any atom is -0.382 e. The lowest BCUT2D eigenvalue weighted by atomic mass is 10.1. The molecule has 2 N–H and O–H groups in total. The lowest BCUT2D eigenvalue weighted by Gasteiger charge is -2.12. The highest BCUT2D eigenvalue weighted by Gasteiger charge is 2.00. The van der Waals surface area contributed by atoms with Crippen LogP contribution in [-0.4, -0.2) is 57.5 Å². The van der Waals surface area contributed by atoms with E-state index in [1.165, 1.54) is 11.1 Å². The molecule has 0 spiro atoms. The number of hydrogen-bond acceptors (Lipinski definition) is 4. The third-order valence-corrected chi connectivity index (χ3v) is 3.32. The van der Waals surface area contributed by atoms with Gasteiger partial charge in [0.2, 0.25) is 0 Å². The van der Waals surface area contributed by atoms with Crippen LogP contribution >= 0.6 is 0 Å². The molecule has 23 heavy (non-hydrogen) atoms. The maximum atomic E-state index is 5.43. The van der Waals surface area contributed by atoms with E-state index in [9.17, 15) is 0 Å². The van der Waals surface area contributed by atoms with Crippen molar-refractivity contribution in [1.82, 2.24) is 15.6 Å². The van der Waals surface area contributed by atoms with Crippen LogP contribution in [0.1, 0.15) is 24.5 Å². The second-order valence-corrected chi connectivity index (χ2v) is 5.20. The third-order valence-electron chi connectivity index (χ3n) is 3.32. The monoisotopic (exact) mass is 322 g/mol. The molecule has 6 heteroatoms. The second-order valence-electron chi connectivity index (χ2n) is 5.20. The molecule has 6 nitrogen and oxygen atoms in total. The molecule has 0 bridgehead atoms. The first-order valence-corrected chi connectivity index (χ1v) is 8.26. The summed E-state index contributed by atoms with van der Waals surface area (Å²) in [5, 5.41) is 6.63. The Morgan fingerprint density at radius 2 is 2.13 bits per heavy atom. The molecule has 0 saturated carbocycles. The molecule has 0 aliphatic heterocycles. The van der Waals surface area contributed by atoms with Gasteiger partial charge in [0.1, 0.15) is 0 Å². The Kier molecular flexibility index (Phi) is 10.8. The van der Waals surface area contributed by atoms with Gasteiger partial charge in [-0.25, -0.2) is 0 Å². The minimum atomic E-state index is 0.641. The highest BCUT2D eigenvalue weighted by Crippen LogP contribution is 2.04. The number of aliphatic imine (C=N–C) groups is 1. The SMILES string of the molecule is CCNC(=NCCCOCCOC)NCCc1ccncc1C. The fourth-order valence-corrected chi connectivity index (χ4v) is 2.04. The summed E-state index contributed by atoms with van der Waals surface area (Å²) in [6.45, 7) is 8.60. The average molecular weight is 322 g/mol. The van der Waals surface area contributed by atoms with Crippen molar-refractivity contribution in [3.8, 4) is 0 Å². The van der Waals surface area contributed by atoms with Gasteiger partial charge in [0, 0.05) is 45.7 Å². The van der Waals surface area contributed by atoms with E-state index in [4.69, 9.17) is 9.47 Å². The lowest BCUT2D eigenvalue weighted by molar-refractivity contribution is 0.0702. The fourth-order valence-electron chi connectivity index (χ4n) is 2.04. The van der Waals surface area contributed by atoms with Crippen molar-refractivity contribution >= 4 is 5.96 Å². The summed E-state index contributed by atoms with van der Waals surface area (Å²) >= 11 is 0. The van der Waals surface area contributed by atoms with Crippen LogP contribution in [0.25, 0.3) is 0 Å². The Morgan fingerprint density at radius 3 is 2.87 bits per heavy atom. The van der Waals surface area contributed by atoms with Crippen molar-refractivity contribution in [1.29, 1.82) is 0 Å². The van der Waals surface area contributed by atoms with Gasteiger partial charge in [-0.2, -0.15) is 0 Å². The molecule has 130 valence electrons. The molecule has 0 fully saturated rings. The highest BCUT2D eigenvalue weighted by atomic mass is 16.5. The first-order valence-electron chi connectivity index (χ1n) is 8.26. The standard InChI is InChI=1S/C17H30N4O2/c1-4-19-17(20-8-5-11-23-13-12-22-3)21-10-7-16-6-9-18-14-15(16)2/h6,9,14H,4-5,7-8,10-13H2,1-3H3,(H2,19,20,21). The zero-order valence-electron chi connectivity index (χ0n) is 14.6. The molecule has 0 aliphatic rings. The van der Waals surface area contributed by atoms with Crippen molar-refractivity contribution in [3.63, 3.8) is 0 Å².